The Balaban J connectivity index is 1.96. The third kappa shape index (κ3) is 3.95. The van der Waals surface area contributed by atoms with Gasteiger partial charge in [-0.15, -0.1) is 0 Å². The number of hydrogen-bond donors (Lipinski definition) is 1. The van der Waals surface area contributed by atoms with E-state index in [1.165, 1.54) is 5.56 Å². The SMILES string of the molecule is CCN(C)C[C@@H]1CN(Cc2ccccc2Cl)C[C@@H]1CO. The van der Waals surface area contributed by atoms with Crippen molar-refractivity contribution in [1.82, 2.24) is 9.80 Å². The molecule has 0 aromatic heterocycles. The summed E-state index contributed by atoms with van der Waals surface area (Å²) in [5.41, 5.74) is 1.18. The van der Waals surface area contributed by atoms with Gasteiger partial charge in [-0.1, -0.05) is 36.7 Å². The number of aliphatic hydroxyl groups excluding tert-OH is 1. The van der Waals surface area contributed by atoms with Gasteiger partial charge in [-0.05, 0) is 37.1 Å². The number of halogens is 1. The number of aliphatic hydroxyl groups is 1. The molecule has 0 saturated carbocycles. The fraction of sp³-hybridized carbons (Fsp3) is 0.625. The van der Waals surface area contributed by atoms with Crippen LogP contribution < -0.4 is 0 Å². The second-order valence-electron chi connectivity index (χ2n) is 5.84. The van der Waals surface area contributed by atoms with E-state index in [-0.39, 0.29) is 6.61 Å². The molecule has 112 valence electrons. The molecule has 4 heteroatoms. The lowest BCUT2D eigenvalue weighted by molar-refractivity contribution is 0.177. The first-order valence-electron chi connectivity index (χ1n) is 7.39. The summed E-state index contributed by atoms with van der Waals surface area (Å²) in [5, 5.41) is 10.4. The molecule has 1 aromatic rings. The van der Waals surface area contributed by atoms with E-state index in [1.807, 2.05) is 18.2 Å². The average Bonchev–Trinajstić information content (AvgIpc) is 2.83. The summed E-state index contributed by atoms with van der Waals surface area (Å²) in [4.78, 5) is 4.74. The van der Waals surface area contributed by atoms with Crippen LogP contribution in [-0.2, 0) is 6.54 Å². The van der Waals surface area contributed by atoms with Crippen molar-refractivity contribution in [3.8, 4) is 0 Å². The highest BCUT2D eigenvalue weighted by Crippen LogP contribution is 2.27. The molecule has 0 unspecified atom stereocenters. The third-order valence-corrected chi connectivity index (χ3v) is 4.69. The van der Waals surface area contributed by atoms with Crippen LogP contribution in [0.5, 0.6) is 0 Å². The van der Waals surface area contributed by atoms with E-state index in [0.717, 1.165) is 37.7 Å². The van der Waals surface area contributed by atoms with Crippen LogP contribution in [0.2, 0.25) is 5.02 Å². The van der Waals surface area contributed by atoms with Crippen LogP contribution in [0.3, 0.4) is 0 Å². The van der Waals surface area contributed by atoms with Gasteiger partial charge >= 0.3 is 0 Å². The highest BCUT2D eigenvalue weighted by atomic mass is 35.5. The number of likely N-dealkylation sites (tertiary alicyclic amines) is 1. The van der Waals surface area contributed by atoms with Crippen LogP contribution in [0.25, 0.3) is 0 Å². The minimum Gasteiger partial charge on any atom is -0.396 e. The Labute approximate surface area is 127 Å². The van der Waals surface area contributed by atoms with E-state index in [1.54, 1.807) is 0 Å². The van der Waals surface area contributed by atoms with Gasteiger partial charge in [-0.3, -0.25) is 4.90 Å². The quantitative estimate of drug-likeness (QED) is 0.873. The van der Waals surface area contributed by atoms with Crippen molar-refractivity contribution in [2.24, 2.45) is 11.8 Å². The number of rotatable bonds is 6. The molecule has 20 heavy (non-hydrogen) atoms. The fourth-order valence-electron chi connectivity index (χ4n) is 2.98. The standard InChI is InChI=1S/C16H25ClN2O/c1-3-18(2)8-14-10-19(11-15(14)12-20)9-13-6-4-5-7-16(13)17/h4-7,14-15,20H,3,8-12H2,1-2H3/t14-,15-/m1/s1. The van der Waals surface area contributed by atoms with Gasteiger partial charge in [0.05, 0.1) is 0 Å². The Morgan fingerprint density at radius 2 is 2.00 bits per heavy atom. The summed E-state index contributed by atoms with van der Waals surface area (Å²) in [6.07, 6.45) is 0. The second kappa shape index (κ2) is 7.41. The monoisotopic (exact) mass is 296 g/mol. The molecule has 2 rings (SSSR count). The zero-order chi connectivity index (χ0) is 14.5. The van der Waals surface area contributed by atoms with Gasteiger partial charge in [0.1, 0.15) is 0 Å². The average molecular weight is 297 g/mol. The Morgan fingerprint density at radius 3 is 2.65 bits per heavy atom. The molecule has 1 heterocycles. The molecule has 1 aliphatic heterocycles. The molecule has 1 aromatic carbocycles. The zero-order valence-electron chi connectivity index (χ0n) is 12.4. The van der Waals surface area contributed by atoms with E-state index in [0.29, 0.717) is 11.8 Å². The Hall–Kier alpha value is -0.610. The van der Waals surface area contributed by atoms with Crippen LogP contribution >= 0.6 is 11.6 Å². The lowest BCUT2D eigenvalue weighted by Crippen LogP contribution is -2.31. The largest absolute Gasteiger partial charge is 0.396 e. The van der Waals surface area contributed by atoms with Gasteiger partial charge in [0.25, 0.3) is 0 Å². The van der Waals surface area contributed by atoms with Crippen molar-refractivity contribution >= 4 is 11.6 Å². The maximum Gasteiger partial charge on any atom is 0.0475 e. The van der Waals surface area contributed by atoms with Gasteiger partial charge in [0, 0.05) is 37.8 Å². The molecule has 0 amide bonds. The van der Waals surface area contributed by atoms with Crippen molar-refractivity contribution in [1.29, 1.82) is 0 Å². The molecule has 0 radical (unpaired) electrons. The Kier molecular flexibility index (Phi) is 5.85. The predicted octanol–water partition coefficient (Wildman–Crippen LogP) is 2.33. The smallest absolute Gasteiger partial charge is 0.0475 e. The van der Waals surface area contributed by atoms with Gasteiger partial charge in [-0.25, -0.2) is 0 Å². The van der Waals surface area contributed by atoms with Crippen LogP contribution in [0.4, 0.5) is 0 Å². The summed E-state index contributed by atoms with van der Waals surface area (Å²) in [7, 11) is 2.14. The maximum absolute atomic E-state index is 9.59. The molecular formula is C16H25ClN2O. The Morgan fingerprint density at radius 1 is 1.30 bits per heavy atom. The molecule has 0 aliphatic carbocycles. The summed E-state index contributed by atoms with van der Waals surface area (Å²) in [6.45, 7) is 7.44. The van der Waals surface area contributed by atoms with E-state index in [4.69, 9.17) is 11.6 Å². The molecule has 0 bridgehead atoms. The molecule has 2 atom stereocenters. The van der Waals surface area contributed by atoms with E-state index in [2.05, 4.69) is 29.8 Å². The first kappa shape index (κ1) is 15.8. The van der Waals surface area contributed by atoms with Crippen LogP contribution in [0, 0.1) is 11.8 Å². The lowest BCUT2D eigenvalue weighted by Gasteiger charge is -2.22. The summed E-state index contributed by atoms with van der Waals surface area (Å²) in [6, 6.07) is 8.02. The Bertz CT molecular complexity index is 427. The zero-order valence-corrected chi connectivity index (χ0v) is 13.2. The van der Waals surface area contributed by atoms with Crippen molar-refractivity contribution in [2.45, 2.75) is 13.5 Å². The molecule has 1 fully saturated rings. The van der Waals surface area contributed by atoms with Gasteiger partial charge in [0.2, 0.25) is 0 Å². The topological polar surface area (TPSA) is 26.7 Å². The van der Waals surface area contributed by atoms with Crippen LogP contribution in [-0.4, -0.2) is 54.7 Å². The summed E-state index contributed by atoms with van der Waals surface area (Å²) in [5.74, 6) is 0.930. The summed E-state index contributed by atoms with van der Waals surface area (Å²) >= 11 is 6.23. The highest BCUT2D eigenvalue weighted by molar-refractivity contribution is 6.31. The first-order chi connectivity index (χ1) is 9.63. The number of hydrogen-bond acceptors (Lipinski definition) is 3. The minimum absolute atomic E-state index is 0.279. The maximum atomic E-state index is 9.59. The van der Waals surface area contributed by atoms with E-state index < -0.39 is 0 Å². The molecule has 0 spiro atoms. The van der Waals surface area contributed by atoms with Crippen LogP contribution in [0.1, 0.15) is 12.5 Å². The molecule has 1 saturated heterocycles. The van der Waals surface area contributed by atoms with Crippen molar-refractivity contribution in [2.75, 3.05) is 39.8 Å². The van der Waals surface area contributed by atoms with Crippen LogP contribution in [0.15, 0.2) is 24.3 Å². The number of nitrogens with zero attached hydrogens (tertiary/aromatic N) is 2. The summed E-state index contributed by atoms with van der Waals surface area (Å²) < 4.78 is 0. The second-order valence-corrected chi connectivity index (χ2v) is 6.25. The van der Waals surface area contributed by atoms with Gasteiger partial charge in [0.15, 0.2) is 0 Å². The molecule has 1 N–H and O–H groups in total. The first-order valence-corrected chi connectivity index (χ1v) is 7.77. The van der Waals surface area contributed by atoms with Crippen molar-refractivity contribution < 1.29 is 5.11 Å². The van der Waals surface area contributed by atoms with Crippen molar-refractivity contribution in [3.63, 3.8) is 0 Å². The normalized spacial score (nSPS) is 23.6. The lowest BCUT2D eigenvalue weighted by atomic mass is 9.96. The van der Waals surface area contributed by atoms with Gasteiger partial charge in [-0.2, -0.15) is 0 Å². The fourth-order valence-corrected chi connectivity index (χ4v) is 3.17. The molecule has 1 aliphatic rings. The molecular weight excluding hydrogens is 272 g/mol. The van der Waals surface area contributed by atoms with E-state index >= 15 is 0 Å². The predicted molar refractivity (Wildman–Crippen MR) is 84.0 cm³/mol. The van der Waals surface area contributed by atoms with Crippen molar-refractivity contribution in [3.05, 3.63) is 34.9 Å². The van der Waals surface area contributed by atoms with Gasteiger partial charge < -0.3 is 10.0 Å². The van der Waals surface area contributed by atoms with E-state index in [9.17, 15) is 5.11 Å². The third-order valence-electron chi connectivity index (χ3n) is 4.32. The number of benzene rings is 1. The minimum atomic E-state index is 0.279. The highest BCUT2D eigenvalue weighted by Gasteiger charge is 2.32. The molecule has 3 nitrogen and oxygen atoms in total.